The number of hydrogen-bond acceptors (Lipinski definition) is 7. The number of hydrogen-bond donors (Lipinski definition) is 1. The first kappa shape index (κ1) is 24.2. The van der Waals surface area contributed by atoms with Crippen LogP contribution in [0.1, 0.15) is 39.1 Å². The fraction of sp³-hybridized carbons (Fsp3) is 0.417. The summed E-state index contributed by atoms with van der Waals surface area (Å²) in [7, 11) is 5.10. The maximum absolute atomic E-state index is 12.9. The summed E-state index contributed by atoms with van der Waals surface area (Å²) in [5, 5.41) is 16.0. The van der Waals surface area contributed by atoms with Gasteiger partial charge in [-0.1, -0.05) is 31.2 Å². The molecule has 33 heavy (non-hydrogen) atoms. The monoisotopic (exact) mass is 452 g/mol. The highest BCUT2D eigenvalue weighted by atomic mass is 16.5. The number of carbonyl (C=O) groups excluding carboxylic acids is 1. The first-order valence-corrected chi connectivity index (χ1v) is 10.9. The minimum Gasteiger partial charge on any atom is -0.497 e. The highest BCUT2D eigenvalue weighted by Gasteiger charge is 2.40. The number of likely N-dealkylation sites (N-methyl/N-ethyl adjacent to an activating group) is 1. The summed E-state index contributed by atoms with van der Waals surface area (Å²) >= 11 is 0. The standard InChI is InChI=1S/C24H32N6O3/c1-7-20(23(31)29(4)5)25-21(24(2,3)33-18-13-9-8-10-14-18)22-26-27-28-30(22)17-12-11-15-19(16-17)32-6/h8-16,20-21,25H,7H2,1-6H3/t20-,21?/m1/s1. The Hall–Kier alpha value is -3.46. The number of benzene rings is 2. The number of nitrogens with zero attached hydrogens (tertiary/aromatic N) is 5. The number of ether oxygens (including phenoxy) is 2. The second-order valence-corrected chi connectivity index (χ2v) is 8.46. The molecular formula is C24H32N6O3. The number of carbonyl (C=O) groups is 1. The molecule has 0 bridgehead atoms. The molecule has 9 heteroatoms. The lowest BCUT2D eigenvalue weighted by atomic mass is 9.95. The van der Waals surface area contributed by atoms with E-state index in [1.54, 1.807) is 30.8 Å². The minimum atomic E-state index is -0.813. The Kier molecular flexibility index (Phi) is 7.65. The molecule has 9 nitrogen and oxygen atoms in total. The Morgan fingerprint density at radius 3 is 2.45 bits per heavy atom. The van der Waals surface area contributed by atoms with Crippen molar-refractivity contribution in [1.82, 2.24) is 30.4 Å². The van der Waals surface area contributed by atoms with E-state index in [4.69, 9.17) is 9.47 Å². The second kappa shape index (κ2) is 10.4. The van der Waals surface area contributed by atoms with E-state index < -0.39 is 17.7 Å². The van der Waals surface area contributed by atoms with Gasteiger partial charge in [-0.3, -0.25) is 10.1 Å². The molecule has 0 fully saturated rings. The van der Waals surface area contributed by atoms with E-state index in [1.807, 2.05) is 75.4 Å². The first-order chi connectivity index (χ1) is 15.8. The molecule has 0 aliphatic rings. The van der Waals surface area contributed by atoms with E-state index in [1.165, 1.54) is 0 Å². The lowest BCUT2D eigenvalue weighted by molar-refractivity contribution is -0.131. The SMILES string of the molecule is CC[C@@H](NC(c1nnnn1-c1cccc(OC)c1)C(C)(C)Oc1ccccc1)C(=O)N(C)C. The number of amides is 1. The summed E-state index contributed by atoms with van der Waals surface area (Å²) in [6.07, 6.45) is 0.593. The van der Waals surface area contributed by atoms with Crippen molar-refractivity contribution in [3.8, 4) is 17.2 Å². The van der Waals surface area contributed by atoms with E-state index in [0.29, 0.717) is 23.7 Å². The molecule has 176 valence electrons. The van der Waals surface area contributed by atoms with Gasteiger partial charge in [0.05, 0.1) is 18.8 Å². The molecule has 1 amide bonds. The Balaban J connectivity index is 2.06. The van der Waals surface area contributed by atoms with Gasteiger partial charge in [0.2, 0.25) is 5.91 Å². The summed E-state index contributed by atoms with van der Waals surface area (Å²) in [4.78, 5) is 14.4. The summed E-state index contributed by atoms with van der Waals surface area (Å²) in [6.45, 7) is 5.87. The van der Waals surface area contributed by atoms with E-state index in [2.05, 4.69) is 20.8 Å². The highest BCUT2D eigenvalue weighted by Crippen LogP contribution is 2.32. The van der Waals surface area contributed by atoms with E-state index in [9.17, 15) is 4.79 Å². The van der Waals surface area contributed by atoms with Crippen LogP contribution in [0, 0.1) is 0 Å². The molecule has 0 radical (unpaired) electrons. The van der Waals surface area contributed by atoms with E-state index in [0.717, 1.165) is 5.69 Å². The molecule has 1 N–H and O–H groups in total. The third-order valence-corrected chi connectivity index (χ3v) is 5.38. The van der Waals surface area contributed by atoms with Gasteiger partial charge in [-0.2, -0.15) is 4.68 Å². The van der Waals surface area contributed by atoms with Crippen LogP contribution in [0.2, 0.25) is 0 Å². The fourth-order valence-corrected chi connectivity index (χ4v) is 3.61. The molecule has 3 rings (SSSR count). The largest absolute Gasteiger partial charge is 0.497 e. The Bertz CT molecular complexity index is 1050. The fourth-order valence-electron chi connectivity index (χ4n) is 3.61. The van der Waals surface area contributed by atoms with Crippen LogP contribution < -0.4 is 14.8 Å². The topological polar surface area (TPSA) is 94.4 Å². The quantitative estimate of drug-likeness (QED) is 0.505. The van der Waals surface area contributed by atoms with Crippen molar-refractivity contribution < 1.29 is 14.3 Å². The van der Waals surface area contributed by atoms with Gasteiger partial charge in [-0.05, 0) is 55.0 Å². The predicted molar refractivity (Wildman–Crippen MR) is 126 cm³/mol. The number of rotatable bonds is 10. The van der Waals surface area contributed by atoms with Crippen molar-refractivity contribution in [1.29, 1.82) is 0 Å². The van der Waals surface area contributed by atoms with Crippen molar-refractivity contribution in [3.63, 3.8) is 0 Å². The third kappa shape index (κ3) is 5.67. The van der Waals surface area contributed by atoms with Crippen molar-refractivity contribution in [2.75, 3.05) is 21.2 Å². The summed E-state index contributed by atoms with van der Waals surface area (Å²) in [5.41, 5.74) is -0.0733. The first-order valence-electron chi connectivity index (χ1n) is 10.9. The predicted octanol–water partition coefficient (Wildman–Crippen LogP) is 3.03. The lowest BCUT2D eigenvalue weighted by Gasteiger charge is -2.37. The third-order valence-electron chi connectivity index (χ3n) is 5.38. The zero-order valence-electron chi connectivity index (χ0n) is 20.0. The highest BCUT2D eigenvalue weighted by molar-refractivity contribution is 5.81. The molecule has 1 heterocycles. The summed E-state index contributed by atoms with van der Waals surface area (Å²) in [6, 6.07) is 16.1. The van der Waals surface area contributed by atoms with Crippen molar-refractivity contribution >= 4 is 5.91 Å². The van der Waals surface area contributed by atoms with E-state index in [-0.39, 0.29) is 5.91 Å². The van der Waals surface area contributed by atoms with Gasteiger partial charge in [-0.15, -0.1) is 5.10 Å². The van der Waals surface area contributed by atoms with Gasteiger partial charge in [0.15, 0.2) is 5.82 Å². The van der Waals surface area contributed by atoms with Gasteiger partial charge in [0, 0.05) is 20.2 Å². The van der Waals surface area contributed by atoms with Gasteiger partial charge < -0.3 is 14.4 Å². The van der Waals surface area contributed by atoms with Crippen LogP contribution in [0.4, 0.5) is 0 Å². The van der Waals surface area contributed by atoms with Gasteiger partial charge in [-0.25, -0.2) is 0 Å². The zero-order valence-corrected chi connectivity index (χ0v) is 20.0. The normalized spacial score (nSPS) is 13.3. The molecule has 0 saturated carbocycles. The van der Waals surface area contributed by atoms with Gasteiger partial charge in [0.1, 0.15) is 23.1 Å². The molecule has 0 saturated heterocycles. The number of nitrogens with one attached hydrogen (secondary N) is 1. The Morgan fingerprint density at radius 1 is 1.12 bits per heavy atom. The average Bonchev–Trinajstić information content (AvgIpc) is 3.29. The summed E-state index contributed by atoms with van der Waals surface area (Å²) < 4.78 is 13.4. The molecule has 0 aliphatic heterocycles. The Morgan fingerprint density at radius 2 is 1.82 bits per heavy atom. The number of para-hydroxylation sites is 1. The van der Waals surface area contributed by atoms with Crippen molar-refractivity contribution in [3.05, 3.63) is 60.4 Å². The van der Waals surface area contributed by atoms with Crippen LogP contribution in [-0.2, 0) is 4.79 Å². The number of aromatic nitrogens is 4. The molecule has 0 spiro atoms. The number of methoxy groups -OCH3 is 1. The van der Waals surface area contributed by atoms with Crippen LogP contribution in [0.5, 0.6) is 11.5 Å². The van der Waals surface area contributed by atoms with Crippen LogP contribution >= 0.6 is 0 Å². The van der Waals surface area contributed by atoms with Crippen LogP contribution in [0.25, 0.3) is 5.69 Å². The maximum Gasteiger partial charge on any atom is 0.239 e. The molecule has 0 aliphatic carbocycles. The smallest absolute Gasteiger partial charge is 0.239 e. The lowest BCUT2D eigenvalue weighted by Crippen LogP contribution is -2.52. The Labute approximate surface area is 194 Å². The summed E-state index contributed by atoms with van der Waals surface area (Å²) in [5.74, 6) is 1.89. The van der Waals surface area contributed by atoms with E-state index >= 15 is 0 Å². The molecule has 2 aromatic carbocycles. The molecule has 3 aromatic rings. The van der Waals surface area contributed by atoms with Crippen LogP contribution in [0.15, 0.2) is 54.6 Å². The minimum absolute atomic E-state index is 0.0292. The van der Waals surface area contributed by atoms with Crippen LogP contribution in [0.3, 0.4) is 0 Å². The number of tetrazole rings is 1. The second-order valence-electron chi connectivity index (χ2n) is 8.46. The molecule has 2 atom stereocenters. The van der Waals surface area contributed by atoms with Gasteiger partial charge >= 0.3 is 0 Å². The van der Waals surface area contributed by atoms with Crippen LogP contribution in [-0.4, -0.2) is 63.9 Å². The zero-order chi connectivity index (χ0) is 24.0. The average molecular weight is 453 g/mol. The molecule has 1 aromatic heterocycles. The van der Waals surface area contributed by atoms with Crippen molar-refractivity contribution in [2.24, 2.45) is 0 Å². The van der Waals surface area contributed by atoms with Crippen molar-refractivity contribution in [2.45, 2.75) is 44.9 Å². The molecular weight excluding hydrogens is 420 g/mol. The van der Waals surface area contributed by atoms with Gasteiger partial charge in [0.25, 0.3) is 0 Å². The molecule has 1 unspecified atom stereocenters. The maximum atomic E-state index is 12.9.